The molecule has 0 spiro atoms. The number of rotatable bonds is 0. The Kier molecular flexibility index (Phi) is 2.22. The quantitative estimate of drug-likeness (QED) is 0.473. The third kappa shape index (κ3) is 1.70. The Morgan fingerprint density at radius 3 is 2.40 bits per heavy atom. The van der Waals surface area contributed by atoms with Crippen LogP contribution >= 0.6 is 0 Å². The van der Waals surface area contributed by atoms with Crippen molar-refractivity contribution in [2.45, 2.75) is 25.7 Å². The highest BCUT2D eigenvalue weighted by Crippen LogP contribution is 2.19. The van der Waals surface area contributed by atoms with Gasteiger partial charge in [0.25, 0.3) is 0 Å². The largest absolute Gasteiger partial charge is 0.300 e. The molecule has 1 aliphatic rings. The summed E-state index contributed by atoms with van der Waals surface area (Å²) in [4.78, 5) is 10.7. The van der Waals surface area contributed by atoms with Crippen molar-refractivity contribution in [3.05, 3.63) is 11.6 Å². The van der Waals surface area contributed by atoms with E-state index in [1.165, 1.54) is 0 Å². The fourth-order valence-corrected chi connectivity index (χ4v) is 1.09. The molecule has 2 heteroatoms. The van der Waals surface area contributed by atoms with Crippen LogP contribution in [0.15, 0.2) is 11.6 Å². The Labute approximate surface area is 60.2 Å². The molecular weight excluding hydrogens is 126 g/mol. The molecule has 52 valence electrons. The summed E-state index contributed by atoms with van der Waals surface area (Å²) in [6.45, 7) is 0. The molecule has 0 saturated heterocycles. The minimum atomic E-state index is 0.329. The van der Waals surface area contributed by atoms with Gasteiger partial charge in [0.2, 0.25) is 0 Å². The highest BCUT2D eigenvalue weighted by Gasteiger charge is 2.11. The maximum atomic E-state index is 10.7. The summed E-state index contributed by atoms with van der Waals surface area (Å²) in [6.07, 6.45) is 4.42. The molecule has 0 aromatic carbocycles. The Morgan fingerprint density at radius 2 is 1.90 bits per heavy atom. The lowest BCUT2D eigenvalue weighted by Crippen LogP contribution is -2.05. The molecule has 1 aliphatic carbocycles. The highest BCUT2D eigenvalue weighted by molar-refractivity contribution is 5.80. The second-order valence-corrected chi connectivity index (χ2v) is 2.47. The molecule has 2 nitrogen and oxygen atoms in total. The zero-order valence-corrected chi connectivity index (χ0v) is 5.76. The average Bonchev–Trinajstić information content (AvgIpc) is 1.95. The summed E-state index contributed by atoms with van der Waals surface area (Å²) in [6, 6.07) is 1.98. The predicted molar refractivity (Wildman–Crippen MR) is 37.2 cm³/mol. The van der Waals surface area contributed by atoms with Gasteiger partial charge in [0.15, 0.2) is 0 Å². The van der Waals surface area contributed by atoms with E-state index in [-0.39, 0.29) is 0 Å². The highest BCUT2D eigenvalue weighted by atomic mass is 16.1. The van der Waals surface area contributed by atoms with Crippen molar-refractivity contribution in [2.24, 2.45) is 0 Å². The molecule has 0 radical (unpaired) electrons. The van der Waals surface area contributed by atoms with E-state index in [1.807, 2.05) is 6.07 Å². The van der Waals surface area contributed by atoms with E-state index in [9.17, 15) is 4.79 Å². The molecule has 0 aliphatic heterocycles. The molecule has 1 saturated carbocycles. The van der Waals surface area contributed by atoms with Gasteiger partial charge in [0.1, 0.15) is 5.78 Å². The van der Waals surface area contributed by atoms with Crippen molar-refractivity contribution in [3.8, 4) is 6.07 Å². The normalized spacial score (nSPS) is 18.3. The zero-order valence-electron chi connectivity index (χ0n) is 5.76. The fourth-order valence-electron chi connectivity index (χ4n) is 1.09. The first kappa shape index (κ1) is 7.01. The molecule has 0 aromatic rings. The van der Waals surface area contributed by atoms with Crippen LogP contribution in [0.5, 0.6) is 0 Å². The van der Waals surface area contributed by atoms with Crippen molar-refractivity contribution in [1.29, 1.82) is 5.26 Å². The van der Waals surface area contributed by atoms with Crippen LogP contribution in [0, 0.1) is 11.3 Å². The molecule has 1 rings (SSSR count). The Balaban J connectivity index is 2.49. The number of carbonyl (C=O) groups is 1. The molecule has 0 atom stereocenters. The van der Waals surface area contributed by atoms with Crippen LogP contribution in [-0.4, -0.2) is 5.78 Å². The van der Waals surface area contributed by atoms with E-state index in [1.54, 1.807) is 6.08 Å². The van der Waals surface area contributed by atoms with Crippen LogP contribution in [0.1, 0.15) is 25.7 Å². The molecular formula is C8H9NO. The van der Waals surface area contributed by atoms with Gasteiger partial charge >= 0.3 is 0 Å². The number of Topliss-reactive ketones (excluding diaryl/α,β-unsaturated/α-hetero) is 1. The SMILES string of the molecule is N#CC=C1CCC(=O)CC1. The minimum Gasteiger partial charge on any atom is -0.300 e. The number of nitriles is 1. The number of allylic oxidation sites excluding steroid dienone is 2. The Bertz CT molecular complexity index is 198. The number of hydrogen-bond donors (Lipinski definition) is 0. The van der Waals surface area contributed by atoms with Crippen molar-refractivity contribution in [1.82, 2.24) is 0 Å². The topological polar surface area (TPSA) is 40.9 Å². The molecule has 0 amide bonds. The summed E-state index contributed by atoms with van der Waals surface area (Å²) in [7, 11) is 0. The molecule has 0 bridgehead atoms. The van der Waals surface area contributed by atoms with E-state index in [0.717, 1.165) is 18.4 Å². The smallest absolute Gasteiger partial charge is 0.133 e. The number of nitrogens with zero attached hydrogens (tertiary/aromatic N) is 1. The molecule has 1 fully saturated rings. The molecule has 0 unspecified atom stereocenters. The zero-order chi connectivity index (χ0) is 7.40. The van der Waals surface area contributed by atoms with Gasteiger partial charge in [0, 0.05) is 18.9 Å². The van der Waals surface area contributed by atoms with Gasteiger partial charge in [-0.3, -0.25) is 4.79 Å². The molecule has 10 heavy (non-hydrogen) atoms. The number of ketones is 1. The van der Waals surface area contributed by atoms with E-state index >= 15 is 0 Å². The maximum Gasteiger partial charge on any atom is 0.133 e. The summed E-state index contributed by atoms with van der Waals surface area (Å²) < 4.78 is 0. The Morgan fingerprint density at radius 1 is 1.30 bits per heavy atom. The van der Waals surface area contributed by atoms with Gasteiger partial charge in [-0.15, -0.1) is 0 Å². The van der Waals surface area contributed by atoms with Gasteiger partial charge in [-0.2, -0.15) is 5.26 Å². The summed E-state index contributed by atoms with van der Waals surface area (Å²) in [5, 5.41) is 8.27. The monoisotopic (exact) mass is 135 g/mol. The first-order valence-electron chi connectivity index (χ1n) is 3.42. The average molecular weight is 135 g/mol. The third-order valence-electron chi connectivity index (χ3n) is 1.72. The number of hydrogen-bond acceptors (Lipinski definition) is 2. The standard InChI is InChI=1S/C8H9NO/c9-6-5-7-1-3-8(10)4-2-7/h5H,1-4H2. The van der Waals surface area contributed by atoms with Gasteiger partial charge in [-0.25, -0.2) is 0 Å². The lowest BCUT2D eigenvalue weighted by atomic mass is 9.94. The van der Waals surface area contributed by atoms with E-state index in [4.69, 9.17) is 5.26 Å². The van der Waals surface area contributed by atoms with Gasteiger partial charge in [-0.05, 0) is 12.8 Å². The first-order chi connectivity index (χ1) is 4.83. The van der Waals surface area contributed by atoms with Crippen molar-refractivity contribution < 1.29 is 4.79 Å². The van der Waals surface area contributed by atoms with E-state index < -0.39 is 0 Å². The van der Waals surface area contributed by atoms with Crippen LogP contribution < -0.4 is 0 Å². The second kappa shape index (κ2) is 3.17. The Hall–Kier alpha value is -1.10. The summed E-state index contributed by atoms with van der Waals surface area (Å²) in [5.41, 5.74) is 1.13. The van der Waals surface area contributed by atoms with Crippen LogP contribution in [0.2, 0.25) is 0 Å². The third-order valence-corrected chi connectivity index (χ3v) is 1.72. The molecule has 0 heterocycles. The summed E-state index contributed by atoms with van der Waals surface area (Å²) in [5.74, 6) is 0.329. The van der Waals surface area contributed by atoms with Gasteiger partial charge in [0.05, 0.1) is 6.07 Å². The minimum absolute atomic E-state index is 0.329. The lowest BCUT2D eigenvalue weighted by Gasteiger charge is -2.10. The molecule has 0 N–H and O–H groups in total. The molecule has 0 aromatic heterocycles. The van der Waals surface area contributed by atoms with E-state index in [2.05, 4.69) is 0 Å². The lowest BCUT2D eigenvalue weighted by molar-refractivity contribution is -0.119. The fraction of sp³-hybridized carbons (Fsp3) is 0.500. The van der Waals surface area contributed by atoms with Gasteiger partial charge < -0.3 is 0 Å². The van der Waals surface area contributed by atoms with E-state index in [0.29, 0.717) is 18.6 Å². The number of carbonyl (C=O) groups excluding carboxylic acids is 1. The van der Waals surface area contributed by atoms with Crippen molar-refractivity contribution in [2.75, 3.05) is 0 Å². The van der Waals surface area contributed by atoms with Gasteiger partial charge in [-0.1, -0.05) is 5.57 Å². The van der Waals surface area contributed by atoms with Crippen LogP contribution in [0.3, 0.4) is 0 Å². The van der Waals surface area contributed by atoms with Crippen LogP contribution in [-0.2, 0) is 4.79 Å². The summed E-state index contributed by atoms with van der Waals surface area (Å²) >= 11 is 0. The maximum absolute atomic E-state index is 10.7. The predicted octanol–water partition coefficient (Wildman–Crippen LogP) is 1.58. The van der Waals surface area contributed by atoms with Crippen LogP contribution in [0.4, 0.5) is 0 Å². The van der Waals surface area contributed by atoms with Crippen molar-refractivity contribution >= 4 is 5.78 Å². The second-order valence-electron chi connectivity index (χ2n) is 2.47. The van der Waals surface area contributed by atoms with Crippen LogP contribution in [0.25, 0.3) is 0 Å². The van der Waals surface area contributed by atoms with Crippen molar-refractivity contribution in [3.63, 3.8) is 0 Å². The first-order valence-corrected chi connectivity index (χ1v) is 3.42.